The van der Waals surface area contributed by atoms with Crippen LogP contribution >= 0.6 is 0 Å². The second-order valence-corrected chi connectivity index (χ2v) is 6.71. The molecule has 0 unspecified atom stereocenters. The van der Waals surface area contributed by atoms with Crippen molar-refractivity contribution in [2.45, 2.75) is 26.3 Å². The molecule has 0 radical (unpaired) electrons. The van der Waals surface area contributed by atoms with Gasteiger partial charge in [-0.3, -0.25) is 9.69 Å². The van der Waals surface area contributed by atoms with Crippen LogP contribution in [-0.2, 0) is 6.54 Å². The van der Waals surface area contributed by atoms with Gasteiger partial charge in [0.1, 0.15) is 11.6 Å². The Hall–Kier alpha value is -2.34. The molecule has 3 rings (SSSR count). The van der Waals surface area contributed by atoms with E-state index in [1.54, 1.807) is 13.2 Å². The monoisotopic (exact) mass is 342 g/mol. The summed E-state index contributed by atoms with van der Waals surface area (Å²) in [7, 11) is 1.71. The highest BCUT2D eigenvalue weighted by Gasteiger charge is 2.20. The van der Waals surface area contributed by atoms with Gasteiger partial charge in [0, 0.05) is 44.7 Å². The summed E-state index contributed by atoms with van der Waals surface area (Å²) >= 11 is 0. The normalized spacial score (nSPS) is 15.6. The number of nitrogens with one attached hydrogen (secondary N) is 1. The minimum absolute atomic E-state index is 0.0682. The molecule has 0 aliphatic carbocycles. The molecule has 1 aromatic heterocycles. The quantitative estimate of drug-likeness (QED) is 0.903. The first-order valence-electron chi connectivity index (χ1n) is 8.77. The lowest BCUT2D eigenvalue weighted by molar-refractivity contribution is 0.246. The van der Waals surface area contributed by atoms with Crippen molar-refractivity contribution in [3.05, 3.63) is 52.2 Å². The van der Waals surface area contributed by atoms with Crippen molar-refractivity contribution in [1.82, 2.24) is 14.9 Å². The van der Waals surface area contributed by atoms with E-state index in [1.165, 1.54) is 0 Å². The van der Waals surface area contributed by atoms with Gasteiger partial charge in [0.05, 0.1) is 18.5 Å². The highest BCUT2D eigenvalue weighted by atomic mass is 16.5. The number of benzene rings is 1. The molecule has 134 valence electrons. The molecule has 1 fully saturated rings. The fourth-order valence-electron chi connectivity index (χ4n) is 3.15. The van der Waals surface area contributed by atoms with Gasteiger partial charge in [-0.2, -0.15) is 0 Å². The van der Waals surface area contributed by atoms with Crippen LogP contribution in [0.2, 0.25) is 0 Å². The molecule has 1 saturated heterocycles. The van der Waals surface area contributed by atoms with Gasteiger partial charge in [0.25, 0.3) is 5.56 Å². The second-order valence-electron chi connectivity index (χ2n) is 6.71. The molecule has 0 amide bonds. The minimum Gasteiger partial charge on any atom is -0.495 e. The lowest BCUT2D eigenvalue weighted by Crippen LogP contribution is -2.46. The first kappa shape index (κ1) is 17.5. The summed E-state index contributed by atoms with van der Waals surface area (Å²) < 4.78 is 5.47. The highest BCUT2D eigenvalue weighted by molar-refractivity contribution is 5.58. The molecule has 25 heavy (non-hydrogen) atoms. The number of hydrogen-bond donors (Lipinski definition) is 1. The van der Waals surface area contributed by atoms with Crippen LogP contribution in [0.25, 0.3) is 0 Å². The molecule has 0 saturated carbocycles. The minimum atomic E-state index is -0.0682. The predicted molar refractivity (Wildman–Crippen MR) is 99.4 cm³/mol. The van der Waals surface area contributed by atoms with Gasteiger partial charge in [0.15, 0.2) is 0 Å². The molecule has 2 aromatic rings. The number of para-hydroxylation sites is 2. The molecule has 0 bridgehead atoms. The zero-order valence-electron chi connectivity index (χ0n) is 15.2. The number of methoxy groups -OCH3 is 1. The van der Waals surface area contributed by atoms with Crippen molar-refractivity contribution in [1.29, 1.82) is 0 Å². The average Bonchev–Trinajstić information content (AvgIpc) is 2.62. The van der Waals surface area contributed by atoms with Crippen LogP contribution in [0.1, 0.15) is 31.3 Å². The van der Waals surface area contributed by atoms with Crippen molar-refractivity contribution in [2.24, 2.45) is 0 Å². The van der Waals surface area contributed by atoms with Crippen molar-refractivity contribution in [3.8, 4) is 5.75 Å². The second kappa shape index (κ2) is 7.70. The fourth-order valence-corrected chi connectivity index (χ4v) is 3.15. The molecule has 2 heterocycles. The largest absolute Gasteiger partial charge is 0.495 e. The summed E-state index contributed by atoms with van der Waals surface area (Å²) in [4.78, 5) is 23.9. The van der Waals surface area contributed by atoms with E-state index in [-0.39, 0.29) is 11.5 Å². The number of H-pyrrole nitrogens is 1. The Labute approximate surface area is 148 Å². The third kappa shape index (κ3) is 4.20. The standard InChI is InChI=1S/C19H26N4O2/c1-14(2)19-20-15(12-18(24)21-19)13-22-8-10-23(11-9-22)16-6-4-5-7-17(16)25-3/h4-7,12,14H,8-11,13H2,1-3H3,(H,20,21,24). The maximum absolute atomic E-state index is 11.8. The zero-order valence-corrected chi connectivity index (χ0v) is 15.2. The Kier molecular flexibility index (Phi) is 5.38. The predicted octanol–water partition coefficient (Wildman–Crippen LogP) is 2.22. The van der Waals surface area contributed by atoms with E-state index in [0.29, 0.717) is 6.54 Å². The molecule has 6 nitrogen and oxygen atoms in total. The van der Waals surface area contributed by atoms with Gasteiger partial charge >= 0.3 is 0 Å². The maximum Gasteiger partial charge on any atom is 0.251 e. The van der Waals surface area contributed by atoms with Crippen molar-refractivity contribution < 1.29 is 4.74 Å². The first-order valence-corrected chi connectivity index (χ1v) is 8.77. The average molecular weight is 342 g/mol. The molecular formula is C19H26N4O2. The number of aromatic amines is 1. The summed E-state index contributed by atoms with van der Waals surface area (Å²) in [6.07, 6.45) is 0. The Morgan fingerprint density at radius 1 is 1.20 bits per heavy atom. The molecule has 0 spiro atoms. The Balaban J connectivity index is 1.64. The van der Waals surface area contributed by atoms with Gasteiger partial charge in [-0.25, -0.2) is 4.98 Å². The summed E-state index contributed by atoms with van der Waals surface area (Å²) in [6.45, 7) is 8.51. The van der Waals surface area contributed by atoms with Crippen LogP contribution in [0.5, 0.6) is 5.75 Å². The van der Waals surface area contributed by atoms with E-state index < -0.39 is 0 Å². The van der Waals surface area contributed by atoms with E-state index >= 15 is 0 Å². The third-order valence-corrected chi connectivity index (χ3v) is 4.54. The van der Waals surface area contributed by atoms with Crippen molar-refractivity contribution >= 4 is 5.69 Å². The van der Waals surface area contributed by atoms with E-state index in [2.05, 4.69) is 25.8 Å². The number of nitrogens with zero attached hydrogens (tertiary/aromatic N) is 3. The molecule has 1 aliphatic heterocycles. The summed E-state index contributed by atoms with van der Waals surface area (Å²) in [5.74, 6) is 1.89. The van der Waals surface area contributed by atoms with Gasteiger partial charge < -0.3 is 14.6 Å². The molecule has 1 aromatic carbocycles. The molecule has 1 N–H and O–H groups in total. The lowest BCUT2D eigenvalue weighted by Gasteiger charge is -2.36. The van der Waals surface area contributed by atoms with Crippen LogP contribution in [0.15, 0.2) is 35.1 Å². The summed E-state index contributed by atoms with van der Waals surface area (Å²) in [5.41, 5.74) is 1.92. The molecule has 1 aliphatic rings. The van der Waals surface area contributed by atoms with Crippen molar-refractivity contribution in [3.63, 3.8) is 0 Å². The number of ether oxygens (including phenoxy) is 1. The lowest BCUT2D eigenvalue weighted by atomic mass is 10.2. The van der Waals surface area contributed by atoms with E-state index in [1.807, 2.05) is 32.0 Å². The summed E-state index contributed by atoms with van der Waals surface area (Å²) in [6, 6.07) is 9.73. The SMILES string of the molecule is COc1ccccc1N1CCN(Cc2cc(=O)[nH]c(C(C)C)n2)CC1. The van der Waals surface area contributed by atoms with Crippen LogP contribution < -0.4 is 15.2 Å². The zero-order chi connectivity index (χ0) is 17.8. The van der Waals surface area contributed by atoms with Crippen LogP contribution in [-0.4, -0.2) is 48.2 Å². The van der Waals surface area contributed by atoms with Gasteiger partial charge in [-0.05, 0) is 12.1 Å². The number of aromatic nitrogens is 2. The topological polar surface area (TPSA) is 61.5 Å². The Morgan fingerprint density at radius 2 is 1.92 bits per heavy atom. The maximum atomic E-state index is 11.8. The molecule has 6 heteroatoms. The number of hydrogen-bond acceptors (Lipinski definition) is 5. The summed E-state index contributed by atoms with van der Waals surface area (Å²) in [5, 5.41) is 0. The van der Waals surface area contributed by atoms with Gasteiger partial charge in [0.2, 0.25) is 0 Å². The van der Waals surface area contributed by atoms with Gasteiger partial charge in [-0.15, -0.1) is 0 Å². The van der Waals surface area contributed by atoms with Crippen LogP contribution in [0, 0.1) is 0 Å². The Bertz CT molecular complexity index is 764. The molecular weight excluding hydrogens is 316 g/mol. The highest BCUT2D eigenvalue weighted by Crippen LogP contribution is 2.28. The van der Waals surface area contributed by atoms with E-state index in [0.717, 1.165) is 49.1 Å². The molecule has 0 atom stereocenters. The first-order chi connectivity index (χ1) is 12.1. The number of rotatable bonds is 5. The van der Waals surface area contributed by atoms with Crippen molar-refractivity contribution in [2.75, 3.05) is 38.2 Å². The number of piperazine rings is 1. The van der Waals surface area contributed by atoms with E-state index in [4.69, 9.17) is 4.74 Å². The van der Waals surface area contributed by atoms with Gasteiger partial charge in [-0.1, -0.05) is 26.0 Å². The van der Waals surface area contributed by atoms with E-state index in [9.17, 15) is 4.79 Å². The Morgan fingerprint density at radius 3 is 2.60 bits per heavy atom. The third-order valence-electron chi connectivity index (χ3n) is 4.54. The smallest absolute Gasteiger partial charge is 0.251 e. The van der Waals surface area contributed by atoms with Crippen LogP contribution in [0.3, 0.4) is 0 Å². The van der Waals surface area contributed by atoms with Crippen LogP contribution in [0.4, 0.5) is 5.69 Å². The fraction of sp³-hybridized carbons (Fsp3) is 0.474. The number of anilines is 1.